The first-order chi connectivity index (χ1) is 16.6. The molecule has 0 aliphatic heterocycles. The number of Topliss-reactive ketones (excluding diaryl/α,β-unsaturated/α-hetero) is 1. The Morgan fingerprint density at radius 1 is 0.771 bits per heavy atom. The van der Waals surface area contributed by atoms with Gasteiger partial charge in [0.2, 0.25) is 0 Å². The Morgan fingerprint density at radius 3 is 1.54 bits per heavy atom. The number of nitro groups is 2. The van der Waals surface area contributed by atoms with Crippen LogP contribution in [0.15, 0.2) is 84.0 Å². The van der Waals surface area contributed by atoms with E-state index in [1.807, 2.05) is 0 Å². The van der Waals surface area contributed by atoms with Crippen LogP contribution in [0.4, 0.5) is 11.4 Å². The van der Waals surface area contributed by atoms with E-state index in [4.69, 9.17) is 0 Å². The Hall–Kier alpha value is -4.13. The van der Waals surface area contributed by atoms with E-state index in [0.29, 0.717) is 35.1 Å². The molecule has 0 amide bonds. The maximum Gasteiger partial charge on any atom is 0.276 e. The van der Waals surface area contributed by atoms with Crippen molar-refractivity contribution in [1.82, 2.24) is 0 Å². The molecule has 1 fully saturated rings. The molecule has 0 saturated heterocycles. The Morgan fingerprint density at radius 2 is 1.17 bits per heavy atom. The summed E-state index contributed by atoms with van der Waals surface area (Å²) < 4.78 is 0. The number of nitrogens with zero attached hydrogens (tertiary/aromatic N) is 2. The van der Waals surface area contributed by atoms with Crippen molar-refractivity contribution in [1.29, 1.82) is 0 Å². The van der Waals surface area contributed by atoms with Crippen molar-refractivity contribution in [3.05, 3.63) is 115 Å². The van der Waals surface area contributed by atoms with Crippen molar-refractivity contribution in [2.45, 2.75) is 33.6 Å². The summed E-state index contributed by atoms with van der Waals surface area (Å²) in [7, 11) is 0. The summed E-state index contributed by atoms with van der Waals surface area (Å²) >= 11 is 0. The molecule has 180 valence electrons. The van der Waals surface area contributed by atoms with Gasteiger partial charge in [0.25, 0.3) is 11.4 Å². The molecule has 0 spiro atoms. The van der Waals surface area contributed by atoms with E-state index in [1.54, 1.807) is 72.9 Å². The van der Waals surface area contributed by atoms with Crippen molar-refractivity contribution in [2.75, 3.05) is 0 Å². The minimum Gasteiger partial charge on any atom is -0.289 e. The normalized spacial score (nSPS) is 19.2. The Labute approximate surface area is 204 Å². The van der Waals surface area contributed by atoms with Gasteiger partial charge in [-0.05, 0) is 48.5 Å². The molecule has 7 heteroatoms. The second-order valence-corrected chi connectivity index (χ2v) is 9.53. The zero-order valence-corrected chi connectivity index (χ0v) is 20.0. The minimum atomic E-state index is -0.432. The molecule has 0 aromatic heterocycles. The number of ketones is 1. The third kappa shape index (κ3) is 6.47. The third-order valence-electron chi connectivity index (χ3n) is 6.15. The molecule has 35 heavy (non-hydrogen) atoms. The molecule has 2 aromatic carbocycles. The number of benzene rings is 2. The second kappa shape index (κ2) is 10.9. The summed E-state index contributed by atoms with van der Waals surface area (Å²) in [4.78, 5) is 34.8. The van der Waals surface area contributed by atoms with Crippen molar-refractivity contribution < 1.29 is 14.6 Å². The summed E-state index contributed by atoms with van der Waals surface area (Å²) in [5.74, 6) is 0.140. The number of hydrogen-bond donors (Lipinski definition) is 0. The summed E-state index contributed by atoms with van der Waals surface area (Å²) in [6, 6.07) is 12.9. The Kier molecular flexibility index (Phi) is 7.91. The predicted octanol–water partition coefficient (Wildman–Crippen LogP) is 7.11. The number of carbonyl (C=O) groups excluding carboxylic acids is 1. The lowest BCUT2D eigenvalue weighted by atomic mass is 9.69. The Balaban J connectivity index is 1.91. The van der Waals surface area contributed by atoms with Crippen LogP contribution in [-0.4, -0.2) is 15.6 Å². The highest BCUT2D eigenvalue weighted by atomic mass is 16.6. The van der Waals surface area contributed by atoms with Crippen LogP contribution >= 0.6 is 0 Å². The molecule has 0 unspecified atom stereocenters. The molecule has 0 heterocycles. The van der Waals surface area contributed by atoms with Gasteiger partial charge < -0.3 is 0 Å². The van der Waals surface area contributed by atoms with Crippen molar-refractivity contribution in [3.8, 4) is 0 Å². The van der Waals surface area contributed by atoms with Crippen molar-refractivity contribution >= 4 is 29.3 Å². The van der Waals surface area contributed by atoms with Gasteiger partial charge in [-0.1, -0.05) is 69.3 Å². The number of hydrogen-bond acceptors (Lipinski definition) is 5. The van der Waals surface area contributed by atoms with Crippen molar-refractivity contribution in [3.63, 3.8) is 0 Å². The first-order valence-corrected chi connectivity index (χ1v) is 11.3. The van der Waals surface area contributed by atoms with Crippen LogP contribution in [0.5, 0.6) is 0 Å². The van der Waals surface area contributed by atoms with Crippen LogP contribution in [0, 0.1) is 31.6 Å². The highest BCUT2D eigenvalue weighted by molar-refractivity contribution is 6.09. The van der Waals surface area contributed by atoms with Gasteiger partial charge in [-0.3, -0.25) is 25.0 Å². The number of para-hydroxylation sites is 2. The highest BCUT2D eigenvalue weighted by Crippen LogP contribution is 2.41. The van der Waals surface area contributed by atoms with Crippen LogP contribution in [-0.2, 0) is 4.79 Å². The molecule has 0 atom stereocenters. The number of carbonyl (C=O) groups is 1. The monoisotopic (exact) mass is 472 g/mol. The highest BCUT2D eigenvalue weighted by Gasteiger charge is 2.34. The standard InChI is InChI=1S/C28H28N2O5/c1-28(2,3)24-18-22(14-8-12-20-10-4-6-16-25(20)29(32)33)27(31)23(19-24)15-9-13-21-11-5-7-17-26(21)30(34)35/h4-17,24H,18-19H2,1-3H3/b12-8+,13-9+,22-14+,23-15+. The van der Waals surface area contributed by atoms with E-state index in [2.05, 4.69) is 20.8 Å². The zero-order valence-electron chi connectivity index (χ0n) is 20.0. The second-order valence-electron chi connectivity index (χ2n) is 9.53. The average molecular weight is 473 g/mol. The van der Waals surface area contributed by atoms with E-state index >= 15 is 0 Å². The number of nitro benzene ring substituents is 2. The number of rotatable bonds is 6. The van der Waals surface area contributed by atoms with Crippen LogP contribution < -0.4 is 0 Å². The lowest BCUT2D eigenvalue weighted by Crippen LogP contribution is -2.29. The summed E-state index contributed by atoms with van der Waals surface area (Å²) in [5, 5.41) is 22.5. The van der Waals surface area contributed by atoms with Gasteiger partial charge in [0.1, 0.15) is 0 Å². The zero-order chi connectivity index (χ0) is 25.6. The molecule has 1 saturated carbocycles. The fraction of sp³-hybridized carbons (Fsp3) is 0.250. The largest absolute Gasteiger partial charge is 0.289 e. The Bertz CT molecular complexity index is 1170. The molecule has 1 aliphatic rings. The fourth-order valence-electron chi connectivity index (χ4n) is 4.02. The van der Waals surface area contributed by atoms with Gasteiger partial charge >= 0.3 is 0 Å². The minimum absolute atomic E-state index is 0.00502. The lowest BCUT2D eigenvalue weighted by Gasteiger charge is -2.35. The van der Waals surface area contributed by atoms with Gasteiger partial charge in [-0.25, -0.2) is 0 Å². The molecular formula is C28H28N2O5. The van der Waals surface area contributed by atoms with Crippen LogP contribution in [0.25, 0.3) is 12.2 Å². The van der Waals surface area contributed by atoms with Crippen LogP contribution in [0.2, 0.25) is 0 Å². The lowest BCUT2D eigenvalue weighted by molar-refractivity contribution is -0.385. The van der Waals surface area contributed by atoms with Gasteiger partial charge in [-0.2, -0.15) is 0 Å². The quantitative estimate of drug-likeness (QED) is 0.253. The molecule has 3 rings (SSSR count). The summed E-state index contributed by atoms with van der Waals surface area (Å²) in [6.45, 7) is 6.40. The molecular weight excluding hydrogens is 444 g/mol. The van der Waals surface area contributed by atoms with Crippen LogP contribution in [0.3, 0.4) is 0 Å². The van der Waals surface area contributed by atoms with E-state index in [0.717, 1.165) is 0 Å². The molecule has 0 radical (unpaired) electrons. The molecule has 0 bridgehead atoms. The smallest absolute Gasteiger partial charge is 0.276 e. The van der Waals surface area contributed by atoms with E-state index in [-0.39, 0.29) is 28.5 Å². The molecule has 7 nitrogen and oxygen atoms in total. The van der Waals surface area contributed by atoms with Gasteiger partial charge in [0.05, 0.1) is 21.0 Å². The van der Waals surface area contributed by atoms with Crippen molar-refractivity contribution in [2.24, 2.45) is 11.3 Å². The van der Waals surface area contributed by atoms with E-state index < -0.39 is 9.85 Å². The first-order valence-electron chi connectivity index (χ1n) is 11.3. The summed E-state index contributed by atoms with van der Waals surface area (Å²) in [6.07, 6.45) is 11.3. The van der Waals surface area contributed by atoms with E-state index in [1.165, 1.54) is 12.1 Å². The topological polar surface area (TPSA) is 103 Å². The number of allylic oxidation sites excluding steroid dienone is 6. The van der Waals surface area contributed by atoms with Gasteiger partial charge in [-0.15, -0.1) is 0 Å². The molecule has 0 N–H and O–H groups in total. The molecule has 1 aliphatic carbocycles. The van der Waals surface area contributed by atoms with Gasteiger partial charge in [0, 0.05) is 23.3 Å². The average Bonchev–Trinajstić information content (AvgIpc) is 2.80. The fourth-order valence-corrected chi connectivity index (χ4v) is 4.02. The maximum absolute atomic E-state index is 13.2. The molecule has 2 aromatic rings. The van der Waals surface area contributed by atoms with Gasteiger partial charge in [0.15, 0.2) is 5.78 Å². The van der Waals surface area contributed by atoms with Crippen LogP contribution in [0.1, 0.15) is 44.7 Å². The maximum atomic E-state index is 13.2. The van der Waals surface area contributed by atoms with E-state index in [9.17, 15) is 25.0 Å². The SMILES string of the molecule is CC(C)(C)C1C/C(=C\C=C\c2ccccc2[N+](=O)[O-])C(=O)/C(=C/C=C/c2ccccc2[N+](=O)[O-])C1. The first kappa shape index (κ1) is 25.5. The summed E-state index contributed by atoms with van der Waals surface area (Å²) in [5.41, 5.74) is 2.17. The third-order valence-corrected chi connectivity index (χ3v) is 6.15. The predicted molar refractivity (Wildman–Crippen MR) is 138 cm³/mol.